The standard InChI is InChI=1S/C33H30Cl2N6O3S.2ClH/c1-39(20-32(42)41-14-12-40(13-15-41)19-22-2-10-29-30(16-22)45-21-37-29)25-5-7-26(8-6-25)44-31-11-4-24(18-36-31)38-33(43)23-3-9-27(34)28(35)17-23;;/h2-11,16-18,21H,12-15,19-20H2,1H3,(H,38,43);2*1H. The quantitative estimate of drug-likeness (QED) is 0.166. The van der Waals surface area contributed by atoms with Crippen molar-refractivity contribution in [3.8, 4) is 11.6 Å². The lowest BCUT2D eigenvalue weighted by atomic mass is 10.2. The minimum absolute atomic E-state index is 0. The molecule has 1 aliphatic heterocycles. The van der Waals surface area contributed by atoms with Crippen molar-refractivity contribution in [1.82, 2.24) is 19.8 Å². The molecule has 1 fully saturated rings. The van der Waals surface area contributed by atoms with Gasteiger partial charge in [0.05, 0.1) is 44.2 Å². The van der Waals surface area contributed by atoms with Crippen LogP contribution in [0.25, 0.3) is 10.2 Å². The topological polar surface area (TPSA) is 90.9 Å². The number of benzene rings is 3. The number of carbonyl (C=O) groups excluding carboxylic acids is 2. The number of ether oxygens (including phenoxy) is 1. The van der Waals surface area contributed by atoms with Crippen LogP contribution in [0.4, 0.5) is 11.4 Å². The average Bonchev–Trinajstić information content (AvgIpc) is 3.52. The first-order valence-electron chi connectivity index (χ1n) is 14.3. The van der Waals surface area contributed by atoms with Crippen molar-refractivity contribution in [2.24, 2.45) is 0 Å². The van der Waals surface area contributed by atoms with Gasteiger partial charge in [-0.2, -0.15) is 0 Å². The molecule has 0 saturated carbocycles. The van der Waals surface area contributed by atoms with Crippen LogP contribution < -0.4 is 15.0 Å². The number of thiazole rings is 1. The fourth-order valence-electron chi connectivity index (χ4n) is 5.05. The van der Waals surface area contributed by atoms with Crippen molar-refractivity contribution in [3.63, 3.8) is 0 Å². The third-order valence-electron chi connectivity index (χ3n) is 7.58. The molecule has 3 heterocycles. The van der Waals surface area contributed by atoms with E-state index >= 15 is 0 Å². The average molecular weight is 735 g/mol. The molecular formula is C33H32Cl4N6O3S. The van der Waals surface area contributed by atoms with Crippen molar-refractivity contribution in [1.29, 1.82) is 0 Å². The van der Waals surface area contributed by atoms with Crippen LogP contribution >= 0.6 is 59.4 Å². The summed E-state index contributed by atoms with van der Waals surface area (Å²) in [6.45, 7) is 4.29. The second-order valence-electron chi connectivity index (χ2n) is 10.7. The number of amides is 2. The Bertz CT molecular complexity index is 1820. The van der Waals surface area contributed by atoms with Crippen LogP contribution in [-0.2, 0) is 11.3 Å². The number of likely N-dealkylation sites (N-methyl/N-ethyl adjacent to an activating group) is 1. The van der Waals surface area contributed by atoms with Gasteiger partial charge in [0, 0.05) is 57.1 Å². The van der Waals surface area contributed by atoms with Gasteiger partial charge in [0.15, 0.2) is 0 Å². The van der Waals surface area contributed by atoms with Gasteiger partial charge in [0.1, 0.15) is 5.75 Å². The van der Waals surface area contributed by atoms with Crippen LogP contribution in [0.3, 0.4) is 0 Å². The summed E-state index contributed by atoms with van der Waals surface area (Å²) >= 11 is 13.6. The number of fused-ring (bicyclic) bond motifs is 1. The summed E-state index contributed by atoms with van der Waals surface area (Å²) in [6.07, 6.45) is 1.51. The number of nitrogens with one attached hydrogen (secondary N) is 1. The predicted molar refractivity (Wildman–Crippen MR) is 194 cm³/mol. The lowest BCUT2D eigenvalue weighted by Gasteiger charge is -2.35. The fraction of sp³-hybridized carbons (Fsp3) is 0.212. The molecule has 6 rings (SSSR count). The van der Waals surface area contributed by atoms with Gasteiger partial charge < -0.3 is 19.9 Å². The number of halogens is 4. The van der Waals surface area contributed by atoms with E-state index in [9.17, 15) is 9.59 Å². The van der Waals surface area contributed by atoms with Gasteiger partial charge in [0.2, 0.25) is 11.8 Å². The van der Waals surface area contributed by atoms with Crippen LogP contribution in [0, 0.1) is 0 Å². The Hall–Kier alpha value is -3.64. The Balaban J connectivity index is 0.00000250. The largest absolute Gasteiger partial charge is 0.439 e. The fourth-order valence-corrected chi connectivity index (χ4v) is 6.09. The highest BCUT2D eigenvalue weighted by atomic mass is 35.5. The first-order chi connectivity index (χ1) is 21.8. The highest BCUT2D eigenvalue weighted by Gasteiger charge is 2.22. The number of aromatic nitrogens is 2. The minimum atomic E-state index is -0.328. The summed E-state index contributed by atoms with van der Waals surface area (Å²) in [5.41, 5.74) is 5.99. The molecule has 0 bridgehead atoms. The van der Waals surface area contributed by atoms with Crippen molar-refractivity contribution in [2.45, 2.75) is 6.54 Å². The molecule has 0 unspecified atom stereocenters. The summed E-state index contributed by atoms with van der Waals surface area (Å²) in [5, 5.41) is 3.46. The smallest absolute Gasteiger partial charge is 0.255 e. The number of rotatable bonds is 9. The van der Waals surface area contributed by atoms with Crippen molar-refractivity contribution < 1.29 is 14.3 Å². The van der Waals surface area contributed by atoms with Crippen molar-refractivity contribution in [3.05, 3.63) is 106 Å². The van der Waals surface area contributed by atoms with E-state index < -0.39 is 0 Å². The predicted octanol–water partition coefficient (Wildman–Crippen LogP) is 7.67. The Morgan fingerprint density at radius 1 is 0.915 bits per heavy atom. The first-order valence-corrected chi connectivity index (χ1v) is 16.0. The van der Waals surface area contributed by atoms with E-state index in [1.807, 2.05) is 46.6 Å². The first kappa shape index (κ1) is 36.2. The minimum Gasteiger partial charge on any atom is -0.439 e. The van der Waals surface area contributed by atoms with E-state index in [0.29, 0.717) is 52.6 Å². The second-order valence-corrected chi connectivity index (χ2v) is 12.4. The van der Waals surface area contributed by atoms with Gasteiger partial charge in [-0.05, 0) is 66.2 Å². The molecule has 2 amide bonds. The number of hydrogen-bond acceptors (Lipinski definition) is 8. The molecule has 14 heteroatoms. The van der Waals surface area contributed by atoms with Crippen LogP contribution in [0.1, 0.15) is 15.9 Å². The van der Waals surface area contributed by atoms with Gasteiger partial charge in [-0.15, -0.1) is 36.2 Å². The Kier molecular flexibility index (Phi) is 12.7. The van der Waals surface area contributed by atoms with Gasteiger partial charge in [0.25, 0.3) is 5.91 Å². The van der Waals surface area contributed by atoms with E-state index in [2.05, 4.69) is 38.4 Å². The summed E-state index contributed by atoms with van der Waals surface area (Å²) in [6, 6.07) is 22.0. The lowest BCUT2D eigenvalue weighted by molar-refractivity contribution is -0.131. The molecule has 47 heavy (non-hydrogen) atoms. The number of anilines is 2. The SMILES string of the molecule is CN(CC(=O)N1CCN(Cc2ccc3ncsc3c2)CC1)c1ccc(Oc2ccc(NC(=O)c3ccc(Cl)c(Cl)c3)cn2)cc1.Cl.Cl. The molecule has 2 aromatic heterocycles. The van der Waals surface area contributed by atoms with Gasteiger partial charge >= 0.3 is 0 Å². The number of carbonyl (C=O) groups is 2. The normalized spacial score (nSPS) is 13.0. The molecule has 9 nitrogen and oxygen atoms in total. The Labute approximate surface area is 299 Å². The monoisotopic (exact) mass is 732 g/mol. The van der Waals surface area contributed by atoms with Crippen LogP contribution in [0.5, 0.6) is 11.6 Å². The summed E-state index contributed by atoms with van der Waals surface area (Å²) in [5.74, 6) is 0.760. The Morgan fingerprint density at radius 3 is 2.38 bits per heavy atom. The molecule has 0 atom stereocenters. The van der Waals surface area contributed by atoms with E-state index in [0.717, 1.165) is 30.8 Å². The Morgan fingerprint density at radius 2 is 1.68 bits per heavy atom. The number of piperazine rings is 1. The summed E-state index contributed by atoms with van der Waals surface area (Å²) in [4.78, 5) is 40.5. The van der Waals surface area contributed by atoms with E-state index in [-0.39, 0.29) is 36.6 Å². The number of pyridine rings is 1. The van der Waals surface area contributed by atoms with Crippen LogP contribution in [0.15, 0.2) is 84.5 Å². The third-order valence-corrected chi connectivity index (χ3v) is 9.11. The van der Waals surface area contributed by atoms with Gasteiger partial charge in [-0.3, -0.25) is 14.5 Å². The third kappa shape index (κ3) is 9.25. The van der Waals surface area contributed by atoms with Crippen molar-refractivity contribution >= 4 is 92.8 Å². The molecule has 1 aliphatic rings. The maximum atomic E-state index is 13.1. The van der Waals surface area contributed by atoms with Gasteiger partial charge in [-0.25, -0.2) is 9.97 Å². The number of hydrogen-bond donors (Lipinski definition) is 1. The van der Waals surface area contributed by atoms with E-state index in [1.165, 1.54) is 22.5 Å². The van der Waals surface area contributed by atoms with E-state index in [1.54, 1.807) is 35.6 Å². The summed E-state index contributed by atoms with van der Waals surface area (Å²) in [7, 11) is 1.91. The van der Waals surface area contributed by atoms with Gasteiger partial charge in [-0.1, -0.05) is 29.3 Å². The molecule has 3 aromatic carbocycles. The highest BCUT2D eigenvalue weighted by molar-refractivity contribution is 7.16. The molecule has 0 spiro atoms. The lowest BCUT2D eigenvalue weighted by Crippen LogP contribution is -2.50. The molecule has 0 aliphatic carbocycles. The maximum Gasteiger partial charge on any atom is 0.255 e. The number of nitrogens with zero attached hydrogens (tertiary/aromatic N) is 5. The molecule has 5 aromatic rings. The van der Waals surface area contributed by atoms with E-state index in [4.69, 9.17) is 27.9 Å². The summed E-state index contributed by atoms with van der Waals surface area (Å²) < 4.78 is 7.08. The molecular weight excluding hydrogens is 702 g/mol. The molecule has 1 N–H and O–H groups in total. The molecule has 1 saturated heterocycles. The molecule has 246 valence electrons. The second kappa shape index (κ2) is 16.5. The van der Waals surface area contributed by atoms with Crippen LogP contribution in [0.2, 0.25) is 10.0 Å². The zero-order chi connectivity index (χ0) is 31.3. The van der Waals surface area contributed by atoms with Crippen LogP contribution in [-0.4, -0.2) is 71.4 Å². The molecule has 0 radical (unpaired) electrons. The zero-order valence-electron chi connectivity index (χ0n) is 25.3. The highest BCUT2D eigenvalue weighted by Crippen LogP contribution is 2.26. The maximum absolute atomic E-state index is 13.1. The van der Waals surface area contributed by atoms with Crippen molar-refractivity contribution in [2.75, 3.05) is 50.0 Å². The zero-order valence-corrected chi connectivity index (χ0v) is 29.2.